The highest BCUT2D eigenvalue weighted by atomic mass is 16.2. The van der Waals surface area contributed by atoms with Crippen molar-refractivity contribution in [3.63, 3.8) is 0 Å². The van der Waals surface area contributed by atoms with Crippen LogP contribution in [0.25, 0.3) is 0 Å². The van der Waals surface area contributed by atoms with Crippen LogP contribution in [0.2, 0.25) is 0 Å². The number of aryl methyl sites for hydroxylation is 1. The molecule has 0 radical (unpaired) electrons. The lowest BCUT2D eigenvalue weighted by atomic mass is 9.94. The van der Waals surface area contributed by atoms with E-state index in [1.807, 2.05) is 6.92 Å². The van der Waals surface area contributed by atoms with Gasteiger partial charge < -0.3 is 5.32 Å². The topological polar surface area (TPSA) is 64.9 Å². The van der Waals surface area contributed by atoms with Crippen LogP contribution in [0.5, 0.6) is 0 Å². The lowest BCUT2D eigenvalue weighted by Gasteiger charge is -2.27. The van der Waals surface area contributed by atoms with E-state index in [0.717, 1.165) is 6.42 Å². The standard InChI is InChI=1S/C22H27N3O/c1-5-17-10-12-18(13-11-17)21(15(2)3)24-16(4)22(26)25-20-9-7-6-8-19(20)14-23/h6-13,15-16,21,24H,5H2,1-4H3,(H,25,26)/t16-,21+/m0/s1. The van der Waals surface area contributed by atoms with Crippen LogP contribution in [0.1, 0.15) is 50.4 Å². The van der Waals surface area contributed by atoms with Gasteiger partial charge in [-0.3, -0.25) is 10.1 Å². The van der Waals surface area contributed by atoms with Gasteiger partial charge in [-0.05, 0) is 42.5 Å². The molecule has 0 unspecified atom stereocenters. The zero-order valence-electron chi connectivity index (χ0n) is 15.9. The Labute approximate surface area is 156 Å². The minimum absolute atomic E-state index is 0.0767. The Morgan fingerprint density at radius 1 is 1.08 bits per heavy atom. The van der Waals surface area contributed by atoms with Gasteiger partial charge in [-0.2, -0.15) is 5.26 Å². The Morgan fingerprint density at radius 3 is 2.31 bits per heavy atom. The van der Waals surface area contributed by atoms with Crippen LogP contribution in [-0.4, -0.2) is 11.9 Å². The monoisotopic (exact) mass is 349 g/mol. The van der Waals surface area contributed by atoms with E-state index >= 15 is 0 Å². The molecule has 2 rings (SSSR count). The highest BCUT2D eigenvalue weighted by molar-refractivity contribution is 5.95. The summed E-state index contributed by atoms with van der Waals surface area (Å²) >= 11 is 0. The highest BCUT2D eigenvalue weighted by Crippen LogP contribution is 2.23. The Hall–Kier alpha value is -2.64. The van der Waals surface area contributed by atoms with Crippen molar-refractivity contribution in [2.75, 3.05) is 5.32 Å². The van der Waals surface area contributed by atoms with Gasteiger partial charge >= 0.3 is 0 Å². The highest BCUT2D eigenvalue weighted by Gasteiger charge is 2.22. The van der Waals surface area contributed by atoms with Crippen LogP contribution in [0.15, 0.2) is 48.5 Å². The molecule has 4 heteroatoms. The predicted molar refractivity (Wildman–Crippen MR) is 106 cm³/mol. The molecule has 2 N–H and O–H groups in total. The number of hydrogen-bond acceptors (Lipinski definition) is 3. The van der Waals surface area contributed by atoms with E-state index < -0.39 is 0 Å². The second-order valence-electron chi connectivity index (χ2n) is 6.85. The number of para-hydroxylation sites is 1. The van der Waals surface area contributed by atoms with E-state index in [1.165, 1.54) is 11.1 Å². The number of amides is 1. The predicted octanol–water partition coefficient (Wildman–Crippen LogP) is 4.43. The van der Waals surface area contributed by atoms with Crippen LogP contribution < -0.4 is 10.6 Å². The van der Waals surface area contributed by atoms with E-state index in [1.54, 1.807) is 24.3 Å². The Balaban J connectivity index is 2.10. The number of nitriles is 1. The fourth-order valence-corrected chi connectivity index (χ4v) is 2.91. The van der Waals surface area contributed by atoms with Gasteiger partial charge in [-0.1, -0.05) is 57.2 Å². The molecular weight excluding hydrogens is 322 g/mol. The van der Waals surface area contributed by atoms with Crippen molar-refractivity contribution in [3.05, 3.63) is 65.2 Å². The number of carbonyl (C=O) groups excluding carboxylic acids is 1. The van der Waals surface area contributed by atoms with Crippen LogP contribution in [0, 0.1) is 17.2 Å². The minimum atomic E-state index is -0.389. The first kappa shape index (κ1) is 19.7. The molecule has 2 aromatic carbocycles. The fourth-order valence-electron chi connectivity index (χ4n) is 2.91. The van der Waals surface area contributed by atoms with Gasteiger partial charge in [-0.15, -0.1) is 0 Å². The van der Waals surface area contributed by atoms with E-state index in [9.17, 15) is 4.79 Å². The van der Waals surface area contributed by atoms with Crippen molar-refractivity contribution >= 4 is 11.6 Å². The summed E-state index contributed by atoms with van der Waals surface area (Å²) in [7, 11) is 0. The first-order valence-electron chi connectivity index (χ1n) is 9.11. The van der Waals surface area contributed by atoms with Gasteiger partial charge in [0, 0.05) is 6.04 Å². The molecule has 4 nitrogen and oxygen atoms in total. The number of rotatable bonds is 7. The van der Waals surface area contributed by atoms with Crippen molar-refractivity contribution in [2.24, 2.45) is 5.92 Å². The second kappa shape index (κ2) is 9.17. The molecule has 0 spiro atoms. The van der Waals surface area contributed by atoms with E-state index in [4.69, 9.17) is 5.26 Å². The zero-order valence-corrected chi connectivity index (χ0v) is 15.9. The van der Waals surface area contributed by atoms with E-state index in [0.29, 0.717) is 17.2 Å². The van der Waals surface area contributed by atoms with Gasteiger partial charge in [0.05, 0.1) is 17.3 Å². The number of nitrogens with zero attached hydrogens (tertiary/aromatic N) is 1. The summed E-state index contributed by atoms with van der Waals surface area (Å²) in [6.07, 6.45) is 1.01. The summed E-state index contributed by atoms with van der Waals surface area (Å²) in [5.41, 5.74) is 3.48. The van der Waals surface area contributed by atoms with E-state index in [2.05, 4.69) is 61.7 Å². The molecule has 26 heavy (non-hydrogen) atoms. The molecule has 2 aromatic rings. The molecule has 1 amide bonds. The SMILES string of the molecule is CCc1ccc([C@H](N[C@@H](C)C(=O)Nc2ccccc2C#N)C(C)C)cc1. The third kappa shape index (κ3) is 4.93. The molecule has 0 aliphatic rings. The molecule has 0 aliphatic heterocycles. The molecular formula is C22H27N3O. The number of nitrogens with one attached hydrogen (secondary N) is 2. The number of anilines is 1. The summed E-state index contributed by atoms with van der Waals surface area (Å²) in [6, 6.07) is 17.4. The maximum Gasteiger partial charge on any atom is 0.241 e. The minimum Gasteiger partial charge on any atom is -0.324 e. The quantitative estimate of drug-likeness (QED) is 0.777. The molecule has 0 heterocycles. The smallest absolute Gasteiger partial charge is 0.241 e. The lowest BCUT2D eigenvalue weighted by molar-refractivity contribution is -0.118. The summed E-state index contributed by atoms with van der Waals surface area (Å²) < 4.78 is 0. The Kier molecular flexibility index (Phi) is 6.94. The summed E-state index contributed by atoms with van der Waals surface area (Å²) in [5.74, 6) is 0.188. The van der Waals surface area contributed by atoms with Gasteiger partial charge in [0.1, 0.15) is 6.07 Å². The van der Waals surface area contributed by atoms with Crippen molar-refractivity contribution < 1.29 is 4.79 Å². The molecule has 0 saturated carbocycles. The van der Waals surface area contributed by atoms with Crippen molar-refractivity contribution in [3.8, 4) is 6.07 Å². The summed E-state index contributed by atoms with van der Waals surface area (Å²) in [5, 5.41) is 15.4. The number of hydrogen-bond donors (Lipinski definition) is 2. The first-order valence-corrected chi connectivity index (χ1v) is 9.11. The van der Waals surface area contributed by atoms with Crippen molar-refractivity contribution in [1.29, 1.82) is 5.26 Å². The molecule has 0 fully saturated rings. The largest absolute Gasteiger partial charge is 0.324 e. The molecule has 2 atom stereocenters. The Morgan fingerprint density at radius 2 is 1.73 bits per heavy atom. The van der Waals surface area contributed by atoms with Crippen LogP contribution in [0.3, 0.4) is 0 Å². The zero-order chi connectivity index (χ0) is 19.1. The van der Waals surface area contributed by atoms with E-state index in [-0.39, 0.29) is 18.0 Å². The molecule has 0 aliphatic carbocycles. The van der Waals surface area contributed by atoms with Crippen LogP contribution in [-0.2, 0) is 11.2 Å². The average molecular weight is 349 g/mol. The summed E-state index contributed by atoms with van der Waals surface area (Å²) in [4.78, 5) is 12.6. The van der Waals surface area contributed by atoms with Crippen molar-refractivity contribution in [2.45, 2.75) is 46.2 Å². The Bertz CT molecular complexity index is 775. The average Bonchev–Trinajstić information content (AvgIpc) is 2.66. The third-order valence-corrected chi connectivity index (χ3v) is 4.54. The molecule has 0 bridgehead atoms. The first-order chi connectivity index (χ1) is 12.5. The van der Waals surface area contributed by atoms with Gasteiger partial charge in [0.15, 0.2) is 0 Å². The molecule has 0 aromatic heterocycles. The summed E-state index contributed by atoms with van der Waals surface area (Å²) in [6.45, 7) is 8.26. The number of benzene rings is 2. The number of carbonyl (C=O) groups is 1. The normalized spacial score (nSPS) is 13.1. The van der Waals surface area contributed by atoms with Gasteiger partial charge in [0.2, 0.25) is 5.91 Å². The molecule has 0 saturated heterocycles. The van der Waals surface area contributed by atoms with Gasteiger partial charge in [0.25, 0.3) is 0 Å². The van der Waals surface area contributed by atoms with Crippen molar-refractivity contribution in [1.82, 2.24) is 5.32 Å². The maximum atomic E-state index is 12.6. The van der Waals surface area contributed by atoms with Gasteiger partial charge in [-0.25, -0.2) is 0 Å². The maximum absolute atomic E-state index is 12.6. The van der Waals surface area contributed by atoms with Crippen LogP contribution >= 0.6 is 0 Å². The molecule has 136 valence electrons. The second-order valence-corrected chi connectivity index (χ2v) is 6.85. The van der Waals surface area contributed by atoms with Crippen LogP contribution in [0.4, 0.5) is 5.69 Å². The lowest BCUT2D eigenvalue weighted by Crippen LogP contribution is -2.41. The fraction of sp³-hybridized carbons (Fsp3) is 0.364. The third-order valence-electron chi connectivity index (χ3n) is 4.54.